The molecule has 0 aliphatic carbocycles. The largest absolute Gasteiger partial charge is 0.496 e. The average molecular weight is 222 g/mol. The van der Waals surface area contributed by atoms with Crippen molar-refractivity contribution in [3.63, 3.8) is 0 Å². The molecule has 0 saturated heterocycles. The Morgan fingerprint density at radius 1 is 1.50 bits per heavy atom. The Hall–Kier alpha value is -1.55. The first-order valence-electron chi connectivity index (χ1n) is 5.19. The maximum Gasteiger partial charge on any atom is 0.189 e. The number of fused-ring (bicyclic) bond motifs is 1. The maximum absolute atomic E-state index is 10.4. The van der Waals surface area contributed by atoms with Crippen molar-refractivity contribution in [2.45, 2.75) is 19.4 Å². The van der Waals surface area contributed by atoms with Gasteiger partial charge in [-0.25, -0.2) is 0 Å². The van der Waals surface area contributed by atoms with E-state index in [4.69, 9.17) is 14.2 Å². The van der Waals surface area contributed by atoms with Crippen molar-refractivity contribution < 1.29 is 19.0 Å². The Labute approximate surface area is 94.1 Å². The van der Waals surface area contributed by atoms with Crippen LogP contribution in [0, 0.1) is 0 Å². The number of aldehydes is 1. The molecule has 1 aliphatic heterocycles. The summed E-state index contributed by atoms with van der Waals surface area (Å²) in [5, 5.41) is 0. The van der Waals surface area contributed by atoms with Gasteiger partial charge in [0.15, 0.2) is 6.79 Å². The summed E-state index contributed by atoms with van der Waals surface area (Å²) >= 11 is 0. The van der Waals surface area contributed by atoms with Crippen molar-refractivity contribution in [1.82, 2.24) is 0 Å². The van der Waals surface area contributed by atoms with E-state index in [1.807, 2.05) is 12.1 Å². The van der Waals surface area contributed by atoms with Crippen LogP contribution in [0.15, 0.2) is 12.1 Å². The van der Waals surface area contributed by atoms with E-state index in [-0.39, 0.29) is 6.79 Å². The monoisotopic (exact) mass is 222 g/mol. The molecule has 0 fully saturated rings. The van der Waals surface area contributed by atoms with Gasteiger partial charge in [-0.3, -0.25) is 0 Å². The molecule has 1 heterocycles. The molecule has 0 atom stereocenters. The molecule has 1 aromatic carbocycles. The first-order valence-corrected chi connectivity index (χ1v) is 5.19. The molecular weight excluding hydrogens is 208 g/mol. The number of aryl methyl sites for hydroxylation is 1. The molecule has 0 aromatic heterocycles. The van der Waals surface area contributed by atoms with Gasteiger partial charge >= 0.3 is 0 Å². The summed E-state index contributed by atoms with van der Waals surface area (Å²) in [6.45, 7) is 0.825. The summed E-state index contributed by atoms with van der Waals surface area (Å²) < 4.78 is 15.8. The van der Waals surface area contributed by atoms with E-state index in [1.165, 1.54) is 0 Å². The highest BCUT2D eigenvalue weighted by Crippen LogP contribution is 2.32. The number of benzene rings is 1. The summed E-state index contributed by atoms with van der Waals surface area (Å²) in [4.78, 5) is 10.4. The Bertz CT molecular complexity index is 387. The van der Waals surface area contributed by atoms with Crippen molar-refractivity contribution in [3.05, 3.63) is 23.3 Å². The molecule has 0 N–H and O–H groups in total. The molecule has 1 aromatic rings. The highest BCUT2D eigenvalue weighted by molar-refractivity contribution is 5.52. The van der Waals surface area contributed by atoms with Crippen LogP contribution in [-0.4, -0.2) is 20.2 Å². The molecule has 1 aliphatic rings. The van der Waals surface area contributed by atoms with E-state index in [1.54, 1.807) is 7.11 Å². The number of hydrogen-bond acceptors (Lipinski definition) is 4. The van der Waals surface area contributed by atoms with Gasteiger partial charge in [0.05, 0.1) is 13.7 Å². The zero-order valence-corrected chi connectivity index (χ0v) is 9.19. The average Bonchev–Trinajstić information content (AvgIpc) is 2.35. The summed E-state index contributed by atoms with van der Waals surface area (Å²) in [6, 6.07) is 3.84. The molecule has 0 spiro atoms. The van der Waals surface area contributed by atoms with Gasteiger partial charge < -0.3 is 19.0 Å². The van der Waals surface area contributed by atoms with Crippen LogP contribution in [0.1, 0.15) is 17.5 Å². The van der Waals surface area contributed by atoms with Gasteiger partial charge in [-0.15, -0.1) is 0 Å². The predicted octanol–water partition coefficient (Wildman–Crippen LogP) is 1.69. The molecule has 4 nitrogen and oxygen atoms in total. The van der Waals surface area contributed by atoms with E-state index in [0.29, 0.717) is 19.4 Å². The third-order valence-electron chi connectivity index (χ3n) is 2.55. The summed E-state index contributed by atoms with van der Waals surface area (Å²) in [5.74, 6) is 1.61. The molecule has 16 heavy (non-hydrogen) atoms. The van der Waals surface area contributed by atoms with Crippen molar-refractivity contribution in [2.24, 2.45) is 0 Å². The Kier molecular flexibility index (Phi) is 3.41. The second-order valence-electron chi connectivity index (χ2n) is 3.59. The van der Waals surface area contributed by atoms with Gasteiger partial charge in [-0.2, -0.15) is 0 Å². The fourth-order valence-electron chi connectivity index (χ4n) is 1.75. The molecule has 4 heteroatoms. The predicted molar refractivity (Wildman–Crippen MR) is 57.7 cm³/mol. The smallest absolute Gasteiger partial charge is 0.189 e. The van der Waals surface area contributed by atoms with Crippen LogP contribution < -0.4 is 9.47 Å². The lowest BCUT2D eigenvalue weighted by Gasteiger charge is -2.20. The second kappa shape index (κ2) is 4.99. The zero-order valence-electron chi connectivity index (χ0n) is 9.19. The van der Waals surface area contributed by atoms with Gasteiger partial charge in [-0.05, 0) is 24.1 Å². The van der Waals surface area contributed by atoms with Gasteiger partial charge in [0, 0.05) is 12.0 Å². The lowest BCUT2D eigenvalue weighted by molar-refractivity contribution is -0.107. The molecule has 0 saturated carbocycles. The zero-order chi connectivity index (χ0) is 11.4. The first-order chi connectivity index (χ1) is 7.85. The molecular formula is C12H14O4. The number of rotatable bonds is 4. The topological polar surface area (TPSA) is 44.8 Å². The Balaban J connectivity index is 2.31. The minimum absolute atomic E-state index is 0.284. The number of methoxy groups -OCH3 is 1. The number of carbonyl (C=O) groups is 1. The Morgan fingerprint density at radius 2 is 2.38 bits per heavy atom. The SMILES string of the molecule is COc1cc2c(cc1CCC=O)OCOC2. The second-order valence-corrected chi connectivity index (χ2v) is 3.59. The quantitative estimate of drug-likeness (QED) is 0.727. The van der Waals surface area contributed by atoms with E-state index >= 15 is 0 Å². The van der Waals surface area contributed by atoms with Crippen LogP contribution >= 0.6 is 0 Å². The van der Waals surface area contributed by atoms with Gasteiger partial charge in [0.1, 0.15) is 17.8 Å². The van der Waals surface area contributed by atoms with Crippen LogP contribution in [0.3, 0.4) is 0 Å². The lowest BCUT2D eigenvalue weighted by atomic mass is 10.0. The van der Waals surface area contributed by atoms with E-state index in [0.717, 1.165) is 28.9 Å². The molecule has 0 radical (unpaired) electrons. The standard InChI is InChI=1S/C12H14O4/c1-14-11-6-10-7-15-8-16-12(10)5-9(11)3-2-4-13/h4-6H,2-3,7-8H2,1H3. The van der Waals surface area contributed by atoms with Crippen molar-refractivity contribution >= 4 is 6.29 Å². The summed E-state index contributed by atoms with van der Waals surface area (Å²) in [7, 11) is 1.62. The first kappa shape index (κ1) is 11.0. The van der Waals surface area contributed by atoms with Crippen LogP contribution in [0.4, 0.5) is 0 Å². The number of carbonyl (C=O) groups excluding carboxylic acids is 1. The van der Waals surface area contributed by atoms with Crippen LogP contribution in [0.25, 0.3) is 0 Å². The van der Waals surface area contributed by atoms with Crippen LogP contribution in [0.5, 0.6) is 11.5 Å². The molecule has 86 valence electrons. The van der Waals surface area contributed by atoms with Crippen molar-refractivity contribution in [1.29, 1.82) is 0 Å². The normalized spacial score (nSPS) is 13.8. The lowest BCUT2D eigenvalue weighted by Crippen LogP contribution is -2.12. The molecule has 0 amide bonds. The maximum atomic E-state index is 10.4. The molecule has 2 rings (SSSR count). The number of ether oxygens (including phenoxy) is 3. The minimum atomic E-state index is 0.284. The van der Waals surface area contributed by atoms with Crippen molar-refractivity contribution in [2.75, 3.05) is 13.9 Å². The highest BCUT2D eigenvalue weighted by atomic mass is 16.7. The van der Waals surface area contributed by atoms with Gasteiger partial charge in [0.25, 0.3) is 0 Å². The summed E-state index contributed by atoms with van der Waals surface area (Å²) in [5.41, 5.74) is 1.98. The fraction of sp³-hybridized carbons (Fsp3) is 0.417. The van der Waals surface area contributed by atoms with Crippen molar-refractivity contribution in [3.8, 4) is 11.5 Å². The Morgan fingerprint density at radius 3 is 3.12 bits per heavy atom. The van der Waals surface area contributed by atoms with Gasteiger partial charge in [-0.1, -0.05) is 0 Å². The molecule has 0 bridgehead atoms. The summed E-state index contributed by atoms with van der Waals surface area (Å²) in [6.07, 6.45) is 2.07. The van der Waals surface area contributed by atoms with Crippen LogP contribution in [0.2, 0.25) is 0 Å². The third-order valence-corrected chi connectivity index (χ3v) is 2.55. The van der Waals surface area contributed by atoms with E-state index in [9.17, 15) is 4.79 Å². The highest BCUT2D eigenvalue weighted by Gasteiger charge is 2.14. The van der Waals surface area contributed by atoms with Crippen LogP contribution in [-0.2, 0) is 22.6 Å². The van der Waals surface area contributed by atoms with Gasteiger partial charge in [0.2, 0.25) is 0 Å². The third kappa shape index (κ3) is 2.17. The van der Waals surface area contributed by atoms with E-state index in [2.05, 4.69) is 0 Å². The minimum Gasteiger partial charge on any atom is -0.496 e. The molecule has 0 unspecified atom stereocenters. The number of hydrogen-bond donors (Lipinski definition) is 0. The fourth-order valence-corrected chi connectivity index (χ4v) is 1.75. The van der Waals surface area contributed by atoms with E-state index < -0.39 is 0 Å².